The fraction of sp³-hybridized carbons (Fsp3) is 0.245. The molecular weight excluding hydrogens is 1830 g/mol. The van der Waals surface area contributed by atoms with E-state index in [9.17, 15) is 37.5 Å². The lowest BCUT2D eigenvalue weighted by Crippen LogP contribution is -2.37. The molecule has 0 saturated heterocycles. The average Bonchev–Trinajstić information content (AvgIpc) is 1.60. The van der Waals surface area contributed by atoms with Gasteiger partial charge in [0.2, 0.25) is 35.4 Å². The maximum atomic E-state index is 14.5. The average molecular weight is 1920 g/mol. The number of amides is 6. The number of thiophene rings is 6. The van der Waals surface area contributed by atoms with Gasteiger partial charge in [0.05, 0.1) is 81.0 Å². The number of carbonyl (C=O) groups is 6. The maximum Gasteiger partial charge on any atom is 0.246 e. The quantitative estimate of drug-likeness (QED) is 0.110. The standard InChI is InChI=1S/2C18H18ClNOS.2C17H15ClFNOS.2C14H12ClNO2S/c2*1-4-18(21)20-9-15(13-7-5-6-11(2)12(13)3)14-8-17(19)22-16(14)10-20;2*1-3-14(21)20-8-12(11-7-5-4-6-10(11)2)15-13(9-20)22-17(18)16(15)19;2*1-2-14(17)16-7-10(11-4-3-5-18-11)9-6-13(15)19-12(9)8-16/h2*4-8,15H,1,9-10H2,2-3H3;2*3-7,12H,1,8-9H2,2H3;2*2-6,10H,1,7-8H2/t2*15-;2*12-;2*10-/m101010/s1. The Kier molecular flexibility index (Phi) is 31.2. The van der Waals surface area contributed by atoms with Crippen molar-refractivity contribution in [3.63, 3.8) is 0 Å². The first kappa shape index (κ1) is 94.1. The first-order valence-electron chi connectivity index (χ1n) is 40.3. The summed E-state index contributed by atoms with van der Waals surface area (Å²) in [6.45, 7) is 40.5. The molecule has 28 heteroatoms. The van der Waals surface area contributed by atoms with Crippen LogP contribution in [0.15, 0.2) is 231 Å². The molecule has 6 atom stereocenters. The van der Waals surface area contributed by atoms with Crippen LogP contribution in [0, 0.1) is 53.2 Å². The van der Waals surface area contributed by atoms with Crippen molar-refractivity contribution < 1.29 is 46.4 Å². The summed E-state index contributed by atoms with van der Waals surface area (Å²) in [6.07, 6.45) is 11.4. The molecule has 0 bridgehead atoms. The van der Waals surface area contributed by atoms with Crippen molar-refractivity contribution in [2.24, 2.45) is 0 Å². The van der Waals surface area contributed by atoms with Crippen LogP contribution in [-0.2, 0) is 68.0 Å². The predicted octanol–water partition coefficient (Wildman–Crippen LogP) is 25.7. The highest BCUT2D eigenvalue weighted by atomic mass is 35.5. The molecule has 0 aliphatic carbocycles. The molecule has 0 unspecified atom stereocenters. The van der Waals surface area contributed by atoms with E-state index >= 15 is 0 Å². The van der Waals surface area contributed by atoms with E-state index in [-0.39, 0.29) is 91.3 Å². The normalized spacial score (nSPS) is 17.5. The molecule has 18 rings (SSSR count). The molecule has 652 valence electrons. The van der Waals surface area contributed by atoms with Crippen LogP contribution in [0.25, 0.3) is 0 Å². The molecule has 14 nitrogen and oxygen atoms in total. The second kappa shape index (κ2) is 41.7. The Morgan fingerprint density at radius 3 is 0.849 bits per heavy atom. The van der Waals surface area contributed by atoms with E-state index < -0.39 is 0 Å². The van der Waals surface area contributed by atoms with Crippen molar-refractivity contribution in [3.05, 3.63) is 389 Å². The lowest BCUT2D eigenvalue weighted by molar-refractivity contribution is -0.127. The van der Waals surface area contributed by atoms with Gasteiger partial charge in [-0.05, 0) is 204 Å². The molecule has 0 N–H and O–H groups in total. The maximum absolute atomic E-state index is 14.5. The van der Waals surface area contributed by atoms with E-state index in [1.165, 1.54) is 136 Å². The monoisotopic (exact) mass is 1920 g/mol. The highest BCUT2D eigenvalue weighted by Gasteiger charge is 2.40. The number of furan rings is 2. The predicted molar refractivity (Wildman–Crippen MR) is 512 cm³/mol. The minimum atomic E-state index is -0.347. The lowest BCUT2D eigenvalue weighted by atomic mass is 9.85. The summed E-state index contributed by atoms with van der Waals surface area (Å²) in [5.74, 6) is 0.620. The van der Waals surface area contributed by atoms with Gasteiger partial charge < -0.3 is 38.2 Å². The number of carbonyl (C=O) groups excluding carboxylic acids is 6. The number of fused-ring (bicyclic) bond motifs is 6. The molecule has 4 aromatic carbocycles. The minimum Gasteiger partial charge on any atom is -0.469 e. The highest BCUT2D eigenvalue weighted by Crippen LogP contribution is 2.49. The second-order valence-corrected chi connectivity index (χ2v) is 41.4. The van der Waals surface area contributed by atoms with Crippen molar-refractivity contribution in [3.8, 4) is 0 Å². The summed E-state index contributed by atoms with van der Waals surface area (Å²) in [5, 5.41) is 0. The van der Waals surface area contributed by atoms with Crippen LogP contribution in [0.2, 0.25) is 26.0 Å². The van der Waals surface area contributed by atoms with Crippen molar-refractivity contribution in [2.75, 3.05) is 39.3 Å². The molecule has 6 aliphatic heterocycles. The number of rotatable bonds is 12. The molecule has 0 radical (unpaired) electrons. The minimum absolute atomic E-state index is 0.0227. The zero-order chi connectivity index (χ0) is 90.2. The Balaban J connectivity index is 0.000000130. The Labute approximate surface area is 786 Å². The molecule has 0 spiro atoms. The van der Waals surface area contributed by atoms with E-state index in [2.05, 4.69) is 116 Å². The van der Waals surface area contributed by atoms with Crippen LogP contribution in [-0.4, -0.2) is 104 Å². The zero-order valence-electron chi connectivity index (χ0n) is 69.9. The van der Waals surface area contributed by atoms with Gasteiger partial charge in [-0.25, -0.2) is 8.78 Å². The molecule has 0 fully saturated rings. The molecule has 0 saturated carbocycles. The van der Waals surface area contributed by atoms with Crippen molar-refractivity contribution in [1.82, 2.24) is 29.4 Å². The third-order valence-electron chi connectivity index (χ3n) is 23.6. The SMILES string of the molecule is C=CC(=O)N1Cc2sc(Cl)c(F)c2[C@@H](c2ccccc2C)C1.C=CC(=O)N1Cc2sc(Cl)c(F)c2[C@H](c2ccccc2C)C1.C=CC(=O)N1Cc2sc(Cl)cc2[C@@H](c2cccc(C)c2C)C1.C=CC(=O)N1Cc2sc(Cl)cc2[C@@H](c2ccco2)C1.C=CC(=O)N1Cc2sc(Cl)cc2[C@H](c2cccc(C)c2C)C1.C=CC(=O)N1Cc2sc(Cl)cc2[C@H](c2ccco2)C1. The van der Waals surface area contributed by atoms with Crippen LogP contribution in [0.5, 0.6) is 0 Å². The Hall–Kier alpha value is -9.50. The van der Waals surface area contributed by atoms with Crippen molar-refractivity contribution in [1.29, 1.82) is 0 Å². The zero-order valence-corrected chi connectivity index (χ0v) is 79.4. The fourth-order valence-electron chi connectivity index (χ4n) is 17.0. The number of aryl methyl sites for hydroxylation is 4. The van der Waals surface area contributed by atoms with E-state index in [0.717, 1.165) is 81.8 Å². The molecular formula is C98H90Cl6F2N6O8S6. The molecule has 126 heavy (non-hydrogen) atoms. The van der Waals surface area contributed by atoms with Gasteiger partial charge in [-0.1, -0.05) is 194 Å². The number of hydrogen-bond donors (Lipinski definition) is 0. The molecule has 6 aliphatic rings. The third kappa shape index (κ3) is 20.8. The summed E-state index contributed by atoms with van der Waals surface area (Å²) in [4.78, 5) is 88.8. The summed E-state index contributed by atoms with van der Waals surface area (Å²) in [7, 11) is 0. The molecule has 14 heterocycles. The van der Waals surface area contributed by atoms with Gasteiger partial charge in [-0.3, -0.25) is 28.8 Å². The number of halogens is 8. The Bertz CT molecular complexity index is 5770. The van der Waals surface area contributed by atoms with E-state index in [0.29, 0.717) is 89.7 Å². The summed E-state index contributed by atoms with van der Waals surface area (Å²) >= 11 is 45.3. The van der Waals surface area contributed by atoms with Crippen LogP contribution in [0.3, 0.4) is 0 Å². The van der Waals surface area contributed by atoms with Gasteiger partial charge >= 0.3 is 0 Å². The van der Waals surface area contributed by atoms with Crippen molar-refractivity contribution in [2.45, 2.75) is 116 Å². The number of nitrogens with zero attached hydrogens (tertiary/aromatic N) is 6. The van der Waals surface area contributed by atoms with Gasteiger partial charge in [0, 0.05) is 103 Å². The van der Waals surface area contributed by atoms with Gasteiger partial charge in [0.1, 0.15) is 20.2 Å². The van der Waals surface area contributed by atoms with Crippen LogP contribution < -0.4 is 0 Å². The highest BCUT2D eigenvalue weighted by molar-refractivity contribution is 7.18. The summed E-state index contributed by atoms with van der Waals surface area (Å²) in [6, 6.07) is 44.1. The molecule has 12 aromatic rings. The summed E-state index contributed by atoms with van der Waals surface area (Å²) in [5.41, 5.74) is 18.0. The third-order valence-corrected chi connectivity index (χ3v) is 31.3. The topological polar surface area (TPSA) is 148 Å². The van der Waals surface area contributed by atoms with Gasteiger partial charge in [0.15, 0.2) is 11.6 Å². The molecule has 6 amide bonds. The van der Waals surface area contributed by atoms with Crippen LogP contribution >= 0.6 is 138 Å². The Morgan fingerprint density at radius 2 is 0.571 bits per heavy atom. The van der Waals surface area contributed by atoms with Gasteiger partial charge in [0.25, 0.3) is 0 Å². The van der Waals surface area contributed by atoms with E-state index in [4.69, 9.17) is 78.4 Å². The van der Waals surface area contributed by atoms with Gasteiger partial charge in [-0.15, -0.1) is 68.0 Å². The largest absolute Gasteiger partial charge is 0.469 e. The fourth-order valence-corrected chi connectivity index (χ4v) is 25.1. The van der Waals surface area contributed by atoms with Crippen LogP contribution in [0.4, 0.5) is 8.78 Å². The van der Waals surface area contributed by atoms with Crippen LogP contribution in [0.1, 0.15) is 165 Å². The van der Waals surface area contributed by atoms with E-state index in [1.807, 2.05) is 109 Å². The molecule has 8 aromatic heterocycles. The number of hydrogen-bond acceptors (Lipinski definition) is 14. The smallest absolute Gasteiger partial charge is 0.246 e. The second-order valence-electron chi connectivity index (χ2n) is 30.9. The van der Waals surface area contributed by atoms with Gasteiger partial charge in [-0.2, -0.15) is 0 Å². The number of benzene rings is 4. The first-order valence-corrected chi connectivity index (χ1v) is 47.4. The summed E-state index contributed by atoms with van der Waals surface area (Å²) < 4.78 is 43.3. The first-order chi connectivity index (χ1) is 60.4. The Morgan fingerprint density at radius 1 is 0.317 bits per heavy atom. The van der Waals surface area contributed by atoms with E-state index in [1.54, 1.807) is 54.8 Å². The lowest BCUT2D eigenvalue weighted by Gasteiger charge is -2.33. The van der Waals surface area contributed by atoms with Crippen molar-refractivity contribution >= 4 is 173 Å².